The average molecular weight is 261 g/mol. The van der Waals surface area contributed by atoms with Gasteiger partial charge in [0.05, 0.1) is 5.92 Å². The lowest BCUT2D eigenvalue weighted by molar-refractivity contribution is -0.126. The van der Waals surface area contributed by atoms with E-state index >= 15 is 0 Å². The van der Waals surface area contributed by atoms with Crippen molar-refractivity contribution in [3.63, 3.8) is 0 Å². The van der Waals surface area contributed by atoms with Crippen LogP contribution in [0.4, 0.5) is 0 Å². The second kappa shape index (κ2) is 6.05. The zero-order valence-corrected chi connectivity index (χ0v) is 11.7. The molecule has 1 heterocycles. The van der Waals surface area contributed by atoms with Crippen LogP contribution in [0, 0.1) is 11.3 Å². The molecule has 1 amide bonds. The molecule has 2 N–H and O–H groups in total. The Morgan fingerprint density at radius 3 is 2.59 bits per heavy atom. The predicted molar refractivity (Wildman–Crippen MR) is 72.4 cm³/mol. The summed E-state index contributed by atoms with van der Waals surface area (Å²) in [5, 5.41) is 6.56. The lowest BCUT2D eigenvalue weighted by Crippen LogP contribution is -2.47. The lowest BCUT2D eigenvalue weighted by atomic mass is 9.87. The van der Waals surface area contributed by atoms with Crippen LogP contribution >= 0.6 is 12.4 Å². The van der Waals surface area contributed by atoms with E-state index < -0.39 is 0 Å². The van der Waals surface area contributed by atoms with Gasteiger partial charge in [0.15, 0.2) is 0 Å². The standard InChI is InChI=1S/C13H24N2O.ClH/c1-13(2)7-3-6-11(13)15-12(16)10-5-4-8-14-9-10;/h10-11,14H,3-9H2,1-2H3,(H,15,16);1H. The van der Waals surface area contributed by atoms with Crippen LogP contribution in [0.1, 0.15) is 46.0 Å². The van der Waals surface area contributed by atoms with E-state index in [0.29, 0.717) is 6.04 Å². The van der Waals surface area contributed by atoms with Crippen LogP contribution in [0.2, 0.25) is 0 Å². The van der Waals surface area contributed by atoms with E-state index in [9.17, 15) is 4.79 Å². The van der Waals surface area contributed by atoms with Gasteiger partial charge in [-0.25, -0.2) is 0 Å². The lowest BCUT2D eigenvalue weighted by Gasteiger charge is -2.30. The second-order valence-corrected chi connectivity index (χ2v) is 5.99. The molecule has 0 radical (unpaired) electrons. The normalized spacial score (nSPS) is 31.6. The molecule has 17 heavy (non-hydrogen) atoms. The Morgan fingerprint density at radius 1 is 1.29 bits per heavy atom. The summed E-state index contributed by atoms with van der Waals surface area (Å²) < 4.78 is 0. The molecule has 1 aliphatic carbocycles. The third kappa shape index (κ3) is 3.59. The van der Waals surface area contributed by atoms with Crippen LogP contribution in [-0.2, 0) is 4.79 Å². The van der Waals surface area contributed by atoms with E-state index in [2.05, 4.69) is 24.5 Å². The number of halogens is 1. The fourth-order valence-electron chi connectivity index (χ4n) is 2.96. The van der Waals surface area contributed by atoms with Gasteiger partial charge in [0, 0.05) is 12.6 Å². The third-order valence-electron chi connectivity index (χ3n) is 4.24. The Morgan fingerprint density at radius 2 is 2.06 bits per heavy atom. The topological polar surface area (TPSA) is 41.1 Å². The highest BCUT2D eigenvalue weighted by Crippen LogP contribution is 2.37. The maximum atomic E-state index is 12.1. The summed E-state index contributed by atoms with van der Waals surface area (Å²) in [7, 11) is 0. The van der Waals surface area contributed by atoms with Gasteiger partial charge in [0.1, 0.15) is 0 Å². The van der Waals surface area contributed by atoms with Gasteiger partial charge in [0.2, 0.25) is 5.91 Å². The van der Waals surface area contributed by atoms with Crippen molar-refractivity contribution in [1.29, 1.82) is 0 Å². The summed E-state index contributed by atoms with van der Waals surface area (Å²) in [6.45, 7) is 6.46. The van der Waals surface area contributed by atoms with Crippen LogP contribution in [0.15, 0.2) is 0 Å². The minimum atomic E-state index is 0. The molecule has 1 aliphatic heterocycles. The molecule has 0 aromatic carbocycles. The SMILES string of the molecule is CC1(C)CCCC1NC(=O)C1CCCNC1.Cl. The van der Waals surface area contributed by atoms with Crippen molar-refractivity contribution in [2.24, 2.45) is 11.3 Å². The number of nitrogens with one attached hydrogen (secondary N) is 2. The molecule has 1 saturated heterocycles. The van der Waals surface area contributed by atoms with E-state index in [1.54, 1.807) is 0 Å². The molecule has 2 atom stereocenters. The van der Waals surface area contributed by atoms with Crippen molar-refractivity contribution in [3.05, 3.63) is 0 Å². The second-order valence-electron chi connectivity index (χ2n) is 5.99. The summed E-state index contributed by atoms with van der Waals surface area (Å²) in [6.07, 6.45) is 5.82. The minimum Gasteiger partial charge on any atom is -0.353 e. The predicted octanol–water partition coefficient (Wildman–Crippen LogP) is 2.10. The number of amides is 1. The van der Waals surface area contributed by atoms with Gasteiger partial charge < -0.3 is 10.6 Å². The first-order valence-corrected chi connectivity index (χ1v) is 6.61. The Labute approximate surface area is 111 Å². The molecule has 0 spiro atoms. The number of carbonyl (C=O) groups excluding carboxylic acids is 1. The highest BCUT2D eigenvalue weighted by Gasteiger charge is 2.36. The summed E-state index contributed by atoms with van der Waals surface area (Å²) >= 11 is 0. The number of piperidine rings is 1. The molecule has 2 aliphatic rings. The molecule has 0 aromatic rings. The number of hydrogen-bond acceptors (Lipinski definition) is 2. The Balaban J connectivity index is 0.00000144. The van der Waals surface area contributed by atoms with Gasteiger partial charge >= 0.3 is 0 Å². The molecule has 1 saturated carbocycles. The quantitative estimate of drug-likeness (QED) is 0.799. The fraction of sp³-hybridized carbons (Fsp3) is 0.923. The van der Waals surface area contributed by atoms with Gasteiger partial charge in [-0.3, -0.25) is 4.79 Å². The molecule has 2 unspecified atom stereocenters. The van der Waals surface area contributed by atoms with E-state index in [0.717, 1.165) is 32.4 Å². The number of hydrogen-bond donors (Lipinski definition) is 2. The molecule has 2 fully saturated rings. The maximum Gasteiger partial charge on any atom is 0.224 e. The van der Waals surface area contributed by atoms with Gasteiger partial charge in [-0.1, -0.05) is 20.3 Å². The Hall–Kier alpha value is -0.280. The van der Waals surface area contributed by atoms with Crippen LogP contribution in [0.25, 0.3) is 0 Å². The van der Waals surface area contributed by atoms with Crippen LogP contribution in [0.3, 0.4) is 0 Å². The van der Waals surface area contributed by atoms with E-state index in [-0.39, 0.29) is 29.6 Å². The smallest absolute Gasteiger partial charge is 0.224 e. The molecule has 100 valence electrons. The average Bonchev–Trinajstić information content (AvgIpc) is 2.59. The summed E-state index contributed by atoms with van der Waals surface area (Å²) in [4.78, 5) is 12.1. The number of carbonyl (C=O) groups is 1. The highest BCUT2D eigenvalue weighted by molar-refractivity contribution is 5.85. The van der Waals surface area contributed by atoms with Gasteiger partial charge in [-0.05, 0) is 37.6 Å². The number of rotatable bonds is 2. The van der Waals surface area contributed by atoms with Crippen molar-refractivity contribution in [2.75, 3.05) is 13.1 Å². The van der Waals surface area contributed by atoms with E-state index in [1.165, 1.54) is 12.8 Å². The first-order chi connectivity index (χ1) is 7.59. The Bertz CT molecular complexity index is 262. The van der Waals surface area contributed by atoms with Crippen molar-refractivity contribution in [1.82, 2.24) is 10.6 Å². The van der Waals surface area contributed by atoms with Gasteiger partial charge in [-0.15, -0.1) is 12.4 Å². The molecular weight excluding hydrogens is 236 g/mol. The summed E-state index contributed by atoms with van der Waals surface area (Å²) in [5.41, 5.74) is 0.289. The zero-order chi connectivity index (χ0) is 11.6. The molecule has 2 rings (SSSR count). The van der Waals surface area contributed by atoms with Crippen molar-refractivity contribution in [2.45, 2.75) is 52.0 Å². The summed E-state index contributed by atoms with van der Waals surface area (Å²) in [5.74, 6) is 0.470. The van der Waals surface area contributed by atoms with Gasteiger partial charge in [-0.2, -0.15) is 0 Å². The minimum absolute atomic E-state index is 0. The molecular formula is C13H25ClN2O. The van der Waals surface area contributed by atoms with Crippen molar-refractivity contribution >= 4 is 18.3 Å². The molecule has 3 nitrogen and oxygen atoms in total. The first-order valence-electron chi connectivity index (χ1n) is 6.61. The van der Waals surface area contributed by atoms with E-state index in [1.807, 2.05) is 0 Å². The van der Waals surface area contributed by atoms with Gasteiger partial charge in [0.25, 0.3) is 0 Å². The first kappa shape index (κ1) is 14.8. The monoisotopic (exact) mass is 260 g/mol. The Kier molecular flexibility index (Phi) is 5.26. The van der Waals surface area contributed by atoms with Crippen molar-refractivity contribution < 1.29 is 4.79 Å². The molecule has 0 bridgehead atoms. The fourth-order valence-corrected chi connectivity index (χ4v) is 2.96. The largest absolute Gasteiger partial charge is 0.353 e. The third-order valence-corrected chi connectivity index (χ3v) is 4.24. The molecule has 4 heteroatoms. The summed E-state index contributed by atoms with van der Waals surface area (Å²) in [6, 6.07) is 0.391. The van der Waals surface area contributed by atoms with Crippen LogP contribution in [-0.4, -0.2) is 25.0 Å². The maximum absolute atomic E-state index is 12.1. The van der Waals surface area contributed by atoms with Crippen LogP contribution < -0.4 is 10.6 Å². The van der Waals surface area contributed by atoms with Crippen LogP contribution in [0.5, 0.6) is 0 Å². The van der Waals surface area contributed by atoms with Crippen molar-refractivity contribution in [3.8, 4) is 0 Å². The van der Waals surface area contributed by atoms with E-state index in [4.69, 9.17) is 0 Å². The molecule has 0 aromatic heterocycles. The zero-order valence-electron chi connectivity index (χ0n) is 10.9. The highest BCUT2D eigenvalue weighted by atomic mass is 35.5.